The average molecular weight is 259 g/mol. The van der Waals surface area contributed by atoms with Gasteiger partial charge in [-0.15, -0.1) is 0 Å². The third-order valence-electron chi connectivity index (χ3n) is 4.30. The Morgan fingerprint density at radius 1 is 1.00 bits per heavy atom. The summed E-state index contributed by atoms with van der Waals surface area (Å²) < 4.78 is 0. The van der Waals surface area contributed by atoms with Gasteiger partial charge in [0.15, 0.2) is 0 Å². The van der Waals surface area contributed by atoms with Gasteiger partial charge in [0.25, 0.3) is 0 Å². The standard InChI is InChI=1S/C18H29N/c1-2-3-4-5-6-7-10-15-19-18-14-13-16-11-8-9-12-17(16)18/h8-9,11-12,18-19H,2-7,10,13-15H2,1H3. The molecule has 2 rings (SSSR count). The maximum atomic E-state index is 3.74. The lowest BCUT2D eigenvalue weighted by Crippen LogP contribution is -2.20. The molecular weight excluding hydrogens is 230 g/mol. The van der Waals surface area contributed by atoms with E-state index in [1.807, 2.05) is 0 Å². The van der Waals surface area contributed by atoms with Crippen LogP contribution in [0.1, 0.15) is 75.5 Å². The Morgan fingerprint density at radius 3 is 2.58 bits per heavy atom. The van der Waals surface area contributed by atoms with Crippen LogP contribution >= 0.6 is 0 Å². The SMILES string of the molecule is CCCCCCCCCNC1CCc2ccccc21. The normalized spacial score (nSPS) is 17.6. The Kier molecular flexibility index (Phi) is 6.43. The summed E-state index contributed by atoms with van der Waals surface area (Å²) in [5, 5.41) is 3.74. The van der Waals surface area contributed by atoms with Crippen LogP contribution in [0.15, 0.2) is 24.3 Å². The van der Waals surface area contributed by atoms with Crippen LogP contribution in [0.25, 0.3) is 0 Å². The van der Waals surface area contributed by atoms with Gasteiger partial charge in [-0.1, -0.05) is 69.7 Å². The molecule has 0 saturated carbocycles. The molecule has 0 bridgehead atoms. The van der Waals surface area contributed by atoms with Crippen molar-refractivity contribution in [1.29, 1.82) is 0 Å². The van der Waals surface area contributed by atoms with Crippen molar-refractivity contribution in [3.63, 3.8) is 0 Å². The molecular formula is C18H29N. The Hall–Kier alpha value is -0.820. The molecule has 1 atom stereocenters. The molecule has 0 saturated heterocycles. The molecule has 1 heteroatoms. The molecule has 0 aromatic heterocycles. The van der Waals surface area contributed by atoms with Gasteiger partial charge >= 0.3 is 0 Å². The second-order valence-electron chi connectivity index (χ2n) is 5.87. The van der Waals surface area contributed by atoms with Crippen LogP contribution < -0.4 is 5.32 Å². The van der Waals surface area contributed by atoms with Gasteiger partial charge in [0, 0.05) is 6.04 Å². The van der Waals surface area contributed by atoms with Crippen LogP contribution in [0.4, 0.5) is 0 Å². The number of benzene rings is 1. The van der Waals surface area contributed by atoms with Crippen LogP contribution in [0, 0.1) is 0 Å². The second-order valence-corrected chi connectivity index (χ2v) is 5.87. The zero-order valence-electron chi connectivity index (χ0n) is 12.5. The molecule has 0 radical (unpaired) electrons. The molecule has 1 unspecified atom stereocenters. The molecule has 1 aromatic carbocycles. The maximum Gasteiger partial charge on any atom is 0.0326 e. The highest BCUT2D eigenvalue weighted by molar-refractivity contribution is 5.34. The molecule has 0 aliphatic heterocycles. The van der Waals surface area contributed by atoms with E-state index in [9.17, 15) is 0 Å². The van der Waals surface area contributed by atoms with Crippen molar-refractivity contribution in [1.82, 2.24) is 5.32 Å². The summed E-state index contributed by atoms with van der Waals surface area (Å²) >= 11 is 0. The molecule has 0 fully saturated rings. The van der Waals surface area contributed by atoms with Crippen LogP contribution in [-0.2, 0) is 6.42 Å². The van der Waals surface area contributed by atoms with Crippen molar-refractivity contribution >= 4 is 0 Å². The zero-order chi connectivity index (χ0) is 13.3. The first kappa shape index (κ1) is 14.6. The summed E-state index contributed by atoms with van der Waals surface area (Å²) in [6.45, 7) is 3.47. The van der Waals surface area contributed by atoms with E-state index in [2.05, 4.69) is 36.5 Å². The zero-order valence-corrected chi connectivity index (χ0v) is 12.5. The molecule has 1 aromatic rings. The molecule has 1 aliphatic carbocycles. The minimum absolute atomic E-state index is 0.622. The quantitative estimate of drug-likeness (QED) is 0.614. The number of hydrogen-bond acceptors (Lipinski definition) is 1. The third kappa shape index (κ3) is 4.65. The van der Waals surface area contributed by atoms with Gasteiger partial charge in [-0.3, -0.25) is 0 Å². The fourth-order valence-corrected chi connectivity index (χ4v) is 3.13. The third-order valence-corrected chi connectivity index (χ3v) is 4.30. The maximum absolute atomic E-state index is 3.74. The summed E-state index contributed by atoms with van der Waals surface area (Å²) in [7, 11) is 0. The predicted octanol–water partition coefficient (Wildman–Crippen LogP) is 5.01. The molecule has 0 spiro atoms. The lowest BCUT2D eigenvalue weighted by molar-refractivity contribution is 0.499. The fourth-order valence-electron chi connectivity index (χ4n) is 3.13. The summed E-state index contributed by atoms with van der Waals surface area (Å²) in [5.41, 5.74) is 3.10. The minimum atomic E-state index is 0.622. The smallest absolute Gasteiger partial charge is 0.0326 e. The van der Waals surface area contributed by atoms with Crippen molar-refractivity contribution in [3.8, 4) is 0 Å². The second kappa shape index (κ2) is 8.37. The van der Waals surface area contributed by atoms with Gasteiger partial charge in [0.1, 0.15) is 0 Å². The molecule has 19 heavy (non-hydrogen) atoms. The highest BCUT2D eigenvalue weighted by Gasteiger charge is 2.20. The molecule has 1 aliphatic rings. The molecule has 1 nitrogen and oxygen atoms in total. The van der Waals surface area contributed by atoms with Gasteiger partial charge < -0.3 is 5.32 Å². The summed E-state index contributed by atoms with van der Waals surface area (Å²) in [5.74, 6) is 0. The molecule has 106 valence electrons. The first-order valence-electron chi connectivity index (χ1n) is 8.23. The first-order chi connectivity index (χ1) is 9.42. The highest BCUT2D eigenvalue weighted by atomic mass is 14.9. The van der Waals surface area contributed by atoms with Gasteiger partial charge in [0.05, 0.1) is 0 Å². The highest BCUT2D eigenvalue weighted by Crippen LogP contribution is 2.30. The topological polar surface area (TPSA) is 12.0 Å². The molecule has 0 heterocycles. The van der Waals surface area contributed by atoms with Crippen molar-refractivity contribution in [2.75, 3.05) is 6.54 Å². The van der Waals surface area contributed by atoms with Gasteiger partial charge in [-0.25, -0.2) is 0 Å². The lowest BCUT2D eigenvalue weighted by atomic mass is 10.1. The lowest BCUT2D eigenvalue weighted by Gasteiger charge is -2.13. The van der Waals surface area contributed by atoms with E-state index in [4.69, 9.17) is 0 Å². The van der Waals surface area contributed by atoms with Crippen LogP contribution in [0.3, 0.4) is 0 Å². The van der Waals surface area contributed by atoms with Crippen LogP contribution in [0.5, 0.6) is 0 Å². The van der Waals surface area contributed by atoms with E-state index >= 15 is 0 Å². The van der Waals surface area contributed by atoms with E-state index in [-0.39, 0.29) is 0 Å². The Morgan fingerprint density at radius 2 is 1.74 bits per heavy atom. The van der Waals surface area contributed by atoms with Gasteiger partial charge in [-0.05, 0) is 36.9 Å². The molecule has 1 N–H and O–H groups in total. The number of unbranched alkanes of at least 4 members (excludes halogenated alkanes) is 6. The number of nitrogens with one attached hydrogen (secondary N) is 1. The van der Waals surface area contributed by atoms with Crippen molar-refractivity contribution in [3.05, 3.63) is 35.4 Å². The van der Waals surface area contributed by atoms with Gasteiger partial charge in [-0.2, -0.15) is 0 Å². The number of rotatable bonds is 9. The van der Waals surface area contributed by atoms with Crippen LogP contribution in [-0.4, -0.2) is 6.54 Å². The fraction of sp³-hybridized carbons (Fsp3) is 0.667. The van der Waals surface area contributed by atoms with Gasteiger partial charge in [0.2, 0.25) is 0 Å². The number of fused-ring (bicyclic) bond motifs is 1. The van der Waals surface area contributed by atoms with E-state index in [1.54, 1.807) is 11.1 Å². The van der Waals surface area contributed by atoms with Crippen molar-refractivity contribution < 1.29 is 0 Å². The average Bonchev–Trinajstić information content (AvgIpc) is 2.85. The van der Waals surface area contributed by atoms with Crippen molar-refractivity contribution in [2.24, 2.45) is 0 Å². The van der Waals surface area contributed by atoms with Crippen molar-refractivity contribution in [2.45, 2.75) is 70.8 Å². The molecule has 0 amide bonds. The van der Waals surface area contributed by atoms with E-state index in [0.717, 1.165) is 0 Å². The summed E-state index contributed by atoms with van der Waals surface area (Å²) in [4.78, 5) is 0. The largest absolute Gasteiger partial charge is 0.310 e. The minimum Gasteiger partial charge on any atom is -0.310 e. The van der Waals surface area contributed by atoms with E-state index in [1.165, 1.54) is 64.3 Å². The van der Waals surface area contributed by atoms with Crippen LogP contribution in [0.2, 0.25) is 0 Å². The monoisotopic (exact) mass is 259 g/mol. The van der Waals surface area contributed by atoms with E-state index < -0.39 is 0 Å². The number of aryl methyl sites for hydroxylation is 1. The Labute approximate surface area is 118 Å². The Bertz CT molecular complexity index is 358. The van der Waals surface area contributed by atoms with E-state index in [0.29, 0.717) is 6.04 Å². The first-order valence-corrected chi connectivity index (χ1v) is 8.23. The summed E-state index contributed by atoms with van der Waals surface area (Å²) in [6, 6.07) is 9.54. The number of hydrogen-bond donors (Lipinski definition) is 1. The Balaban J connectivity index is 1.55. The summed E-state index contributed by atoms with van der Waals surface area (Å²) in [6.07, 6.45) is 12.3. The predicted molar refractivity (Wildman–Crippen MR) is 83.5 cm³/mol.